The Hall–Kier alpha value is -1.34. The number of aryl methyl sites for hydroxylation is 1. The van der Waals surface area contributed by atoms with Crippen molar-refractivity contribution in [3.05, 3.63) is 47.7 Å². The maximum Gasteiger partial charge on any atom is 0.0867 e. The van der Waals surface area contributed by atoms with E-state index in [2.05, 4.69) is 12.3 Å². The van der Waals surface area contributed by atoms with E-state index in [1.165, 1.54) is 0 Å². The topological polar surface area (TPSA) is 40.5 Å². The number of hydrogen-bond acceptors (Lipinski definition) is 2. The first-order chi connectivity index (χ1) is 8.20. The fourth-order valence-electron chi connectivity index (χ4n) is 1.86. The molecule has 0 aliphatic carbocycles. The summed E-state index contributed by atoms with van der Waals surface area (Å²) in [7, 11) is 0. The molecule has 0 spiro atoms. The van der Waals surface area contributed by atoms with Crippen LogP contribution in [0.3, 0.4) is 0 Å². The number of aliphatic hydroxyl groups excluding tert-OH is 2. The summed E-state index contributed by atoms with van der Waals surface area (Å²) in [5.74, 6) is 0. The molecule has 1 unspecified atom stereocenters. The lowest BCUT2D eigenvalue weighted by molar-refractivity contribution is 0.209. The highest BCUT2D eigenvalue weighted by molar-refractivity contribution is 5.70. The molecule has 92 valence electrons. The summed E-state index contributed by atoms with van der Waals surface area (Å²) in [6.07, 6.45) is 1.59. The van der Waals surface area contributed by atoms with Crippen molar-refractivity contribution in [2.45, 2.75) is 32.3 Å². The Balaban J connectivity index is 2.79. The van der Waals surface area contributed by atoms with Crippen LogP contribution in [0.4, 0.5) is 0 Å². The van der Waals surface area contributed by atoms with E-state index in [1.54, 1.807) is 0 Å². The van der Waals surface area contributed by atoms with E-state index >= 15 is 0 Å². The van der Waals surface area contributed by atoms with Gasteiger partial charge in [0.2, 0.25) is 0 Å². The van der Waals surface area contributed by atoms with Crippen molar-refractivity contribution in [3.63, 3.8) is 0 Å². The van der Waals surface area contributed by atoms with Gasteiger partial charge in [-0.15, -0.1) is 5.73 Å². The highest BCUT2D eigenvalue weighted by atomic mass is 16.3. The van der Waals surface area contributed by atoms with Crippen LogP contribution in [0.2, 0.25) is 0 Å². The number of unbranched alkanes of at least 4 members (excludes halogenated alkanes) is 1. The van der Waals surface area contributed by atoms with Crippen LogP contribution in [0, 0.1) is 6.92 Å². The van der Waals surface area contributed by atoms with Crippen LogP contribution in [-0.4, -0.2) is 22.9 Å². The Morgan fingerprint density at radius 3 is 2.65 bits per heavy atom. The summed E-state index contributed by atoms with van der Waals surface area (Å²) < 4.78 is 0. The standard InChI is InChI=1S/C15H20O2/c1-3-13(15(17)10-6-7-11-16)14-9-5-4-8-12(14)2/h4-5,8-9,15-17H,1,6-7,10-11H2,2H3. The summed E-state index contributed by atoms with van der Waals surface area (Å²) in [5, 5.41) is 18.8. The highest BCUT2D eigenvalue weighted by Gasteiger charge is 2.13. The lowest BCUT2D eigenvalue weighted by Gasteiger charge is -2.15. The Bertz CT molecular complexity index is 403. The third-order valence-electron chi connectivity index (χ3n) is 2.84. The number of hydrogen-bond donors (Lipinski definition) is 2. The van der Waals surface area contributed by atoms with E-state index in [4.69, 9.17) is 5.11 Å². The van der Waals surface area contributed by atoms with Gasteiger partial charge >= 0.3 is 0 Å². The first-order valence-electron chi connectivity index (χ1n) is 5.95. The summed E-state index contributed by atoms with van der Waals surface area (Å²) in [5.41, 5.74) is 5.70. The first kappa shape index (κ1) is 13.7. The average Bonchev–Trinajstić information content (AvgIpc) is 2.33. The predicted molar refractivity (Wildman–Crippen MR) is 70.7 cm³/mol. The Labute approximate surface area is 103 Å². The van der Waals surface area contributed by atoms with Crippen LogP contribution >= 0.6 is 0 Å². The predicted octanol–water partition coefficient (Wildman–Crippen LogP) is 2.69. The molecule has 0 fully saturated rings. The van der Waals surface area contributed by atoms with Gasteiger partial charge in [-0.1, -0.05) is 30.8 Å². The molecule has 17 heavy (non-hydrogen) atoms. The molecule has 1 rings (SSSR count). The van der Waals surface area contributed by atoms with Crippen LogP contribution in [0.5, 0.6) is 0 Å². The lowest BCUT2D eigenvalue weighted by Crippen LogP contribution is -2.10. The van der Waals surface area contributed by atoms with Crippen LogP contribution in [-0.2, 0) is 0 Å². The van der Waals surface area contributed by atoms with E-state index < -0.39 is 6.10 Å². The molecule has 0 aliphatic heterocycles. The second-order valence-electron chi connectivity index (χ2n) is 4.14. The van der Waals surface area contributed by atoms with Gasteiger partial charge in [-0.25, -0.2) is 0 Å². The van der Waals surface area contributed by atoms with Crippen LogP contribution in [0.25, 0.3) is 5.57 Å². The van der Waals surface area contributed by atoms with Crippen LogP contribution < -0.4 is 0 Å². The van der Waals surface area contributed by atoms with Gasteiger partial charge in [-0.2, -0.15) is 0 Å². The smallest absolute Gasteiger partial charge is 0.0867 e. The minimum atomic E-state index is -0.555. The SMILES string of the molecule is C=C=C(c1ccccc1C)C(O)CCCCO. The zero-order chi connectivity index (χ0) is 12.7. The summed E-state index contributed by atoms with van der Waals surface area (Å²) in [6.45, 7) is 5.83. The van der Waals surface area contributed by atoms with Gasteiger partial charge in [0.25, 0.3) is 0 Å². The third kappa shape index (κ3) is 3.86. The third-order valence-corrected chi connectivity index (χ3v) is 2.84. The molecule has 0 bridgehead atoms. The molecule has 1 aromatic rings. The van der Waals surface area contributed by atoms with Crippen molar-refractivity contribution in [2.24, 2.45) is 0 Å². The highest BCUT2D eigenvalue weighted by Crippen LogP contribution is 2.23. The van der Waals surface area contributed by atoms with Crippen LogP contribution in [0.15, 0.2) is 36.6 Å². The van der Waals surface area contributed by atoms with Crippen molar-refractivity contribution >= 4 is 5.57 Å². The molecule has 0 aliphatic rings. The molecule has 0 heterocycles. The van der Waals surface area contributed by atoms with Crippen molar-refractivity contribution in [2.75, 3.05) is 6.61 Å². The van der Waals surface area contributed by atoms with Crippen molar-refractivity contribution in [1.82, 2.24) is 0 Å². The lowest BCUT2D eigenvalue weighted by atomic mass is 9.94. The van der Waals surface area contributed by atoms with Gasteiger partial charge in [0.15, 0.2) is 0 Å². The normalized spacial score (nSPS) is 11.9. The van der Waals surface area contributed by atoms with E-state index in [0.29, 0.717) is 6.42 Å². The molecule has 2 nitrogen and oxygen atoms in total. The van der Waals surface area contributed by atoms with Crippen LogP contribution in [0.1, 0.15) is 30.4 Å². The average molecular weight is 232 g/mol. The quantitative estimate of drug-likeness (QED) is 0.585. The molecule has 0 saturated heterocycles. The fourth-order valence-corrected chi connectivity index (χ4v) is 1.86. The maximum absolute atomic E-state index is 10.1. The second-order valence-corrected chi connectivity index (χ2v) is 4.14. The maximum atomic E-state index is 10.1. The van der Waals surface area contributed by atoms with Gasteiger partial charge in [-0.3, -0.25) is 0 Å². The second kappa shape index (κ2) is 7.08. The Kier molecular flexibility index (Phi) is 5.71. The van der Waals surface area contributed by atoms with Gasteiger partial charge in [0, 0.05) is 12.2 Å². The summed E-state index contributed by atoms with van der Waals surface area (Å²) >= 11 is 0. The molecular weight excluding hydrogens is 212 g/mol. The van der Waals surface area contributed by atoms with Crippen molar-refractivity contribution in [1.29, 1.82) is 0 Å². The Morgan fingerprint density at radius 1 is 1.35 bits per heavy atom. The molecule has 2 N–H and O–H groups in total. The van der Waals surface area contributed by atoms with E-state index in [9.17, 15) is 5.11 Å². The fraction of sp³-hybridized carbons (Fsp3) is 0.400. The molecule has 0 saturated carbocycles. The van der Waals surface area contributed by atoms with Gasteiger partial charge in [0.1, 0.15) is 0 Å². The van der Waals surface area contributed by atoms with Crippen molar-refractivity contribution < 1.29 is 10.2 Å². The molecular formula is C15H20O2. The largest absolute Gasteiger partial charge is 0.396 e. The number of benzene rings is 1. The molecule has 0 radical (unpaired) electrons. The molecule has 1 aromatic carbocycles. The molecule has 0 amide bonds. The van der Waals surface area contributed by atoms with E-state index in [1.807, 2.05) is 31.2 Å². The van der Waals surface area contributed by atoms with Crippen molar-refractivity contribution in [3.8, 4) is 0 Å². The zero-order valence-corrected chi connectivity index (χ0v) is 10.3. The molecule has 2 heteroatoms. The Morgan fingerprint density at radius 2 is 2.06 bits per heavy atom. The van der Waals surface area contributed by atoms with E-state index in [0.717, 1.165) is 29.5 Å². The molecule has 1 atom stereocenters. The minimum Gasteiger partial charge on any atom is -0.396 e. The zero-order valence-electron chi connectivity index (χ0n) is 10.3. The van der Waals surface area contributed by atoms with Gasteiger partial charge in [-0.05, 0) is 37.3 Å². The number of rotatable bonds is 6. The summed E-state index contributed by atoms with van der Waals surface area (Å²) in [6, 6.07) is 7.89. The monoisotopic (exact) mass is 232 g/mol. The summed E-state index contributed by atoms with van der Waals surface area (Å²) in [4.78, 5) is 0. The van der Waals surface area contributed by atoms with E-state index in [-0.39, 0.29) is 6.61 Å². The first-order valence-corrected chi connectivity index (χ1v) is 5.95. The van der Waals surface area contributed by atoms with Gasteiger partial charge < -0.3 is 10.2 Å². The molecule has 0 aromatic heterocycles. The number of aliphatic hydroxyl groups is 2. The minimum absolute atomic E-state index is 0.171. The van der Waals surface area contributed by atoms with Gasteiger partial charge in [0.05, 0.1) is 6.10 Å².